The summed E-state index contributed by atoms with van der Waals surface area (Å²) in [5.41, 5.74) is 1.39. The van der Waals surface area contributed by atoms with Crippen LogP contribution in [0.1, 0.15) is 25.1 Å². The third kappa shape index (κ3) is 3.09. The second kappa shape index (κ2) is 7.76. The standard InChI is InChI=1S/C26H22N4O4/c1-2-34-17-11-9-14(10-12-17)22-25(31)28-23-18-5-3-4-6-19(18)27-24(30(23)29-22)20-15-7-8-16(13-15)21(20)26(32)33/h3-12,15-16,20-21H,2,13H2,1H3,(H,32,33)/t15-,16-,20+,21-/m0/s1. The van der Waals surface area contributed by atoms with Crippen LogP contribution in [0.4, 0.5) is 0 Å². The van der Waals surface area contributed by atoms with Crippen LogP contribution in [0.2, 0.25) is 0 Å². The molecule has 2 aliphatic rings. The largest absolute Gasteiger partial charge is 0.494 e. The lowest BCUT2D eigenvalue weighted by Gasteiger charge is -2.25. The first-order chi connectivity index (χ1) is 16.5. The van der Waals surface area contributed by atoms with Gasteiger partial charge in [-0.15, -0.1) is 0 Å². The number of carboxylic acid groups (broad SMARTS) is 1. The fraction of sp³-hybridized carbons (Fsp3) is 0.269. The quantitative estimate of drug-likeness (QED) is 0.362. The van der Waals surface area contributed by atoms with Crippen LogP contribution < -0.4 is 10.3 Å². The van der Waals surface area contributed by atoms with E-state index >= 15 is 0 Å². The number of nitrogens with zero attached hydrogens (tertiary/aromatic N) is 4. The molecule has 0 aliphatic heterocycles. The minimum atomic E-state index is -0.842. The summed E-state index contributed by atoms with van der Waals surface area (Å²) in [5, 5.41) is 15.4. The topological polar surface area (TPSA) is 107 Å². The van der Waals surface area contributed by atoms with Crippen LogP contribution in [-0.2, 0) is 4.79 Å². The molecule has 2 aliphatic carbocycles. The first kappa shape index (κ1) is 20.5. The number of para-hydroxylation sites is 1. The van der Waals surface area contributed by atoms with Gasteiger partial charge in [0.1, 0.15) is 11.6 Å². The van der Waals surface area contributed by atoms with Gasteiger partial charge in [-0.25, -0.2) is 4.98 Å². The van der Waals surface area contributed by atoms with Crippen molar-refractivity contribution in [3.63, 3.8) is 0 Å². The molecule has 1 N–H and O–H groups in total. The highest BCUT2D eigenvalue weighted by molar-refractivity contribution is 5.91. The van der Waals surface area contributed by atoms with Crippen LogP contribution >= 0.6 is 0 Å². The highest BCUT2D eigenvalue weighted by Crippen LogP contribution is 2.52. The van der Waals surface area contributed by atoms with Crippen LogP contribution in [0.5, 0.6) is 5.75 Å². The van der Waals surface area contributed by atoms with Crippen molar-refractivity contribution < 1.29 is 14.6 Å². The molecule has 0 unspecified atom stereocenters. The van der Waals surface area contributed by atoms with Crippen molar-refractivity contribution in [2.75, 3.05) is 6.61 Å². The number of hydrogen-bond donors (Lipinski definition) is 1. The van der Waals surface area contributed by atoms with Crippen LogP contribution in [0, 0.1) is 17.8 Å². The molecule has 6 rings (SSSR count). The number of hydrogen-bond acceptors (Lipinski definition) is 6. The lowest BCUT2D eigenvalue weighted by Crippen LogP contribution is -2.29. The fourth-order valence-corrected chi connectivity index (χ4v) is 5.44. The Morgan fingerprint density at radius 1 is 1.09 bits per heavy atom. The molecular formula is C26H22N4O4. The van der Waals surface area contributed by atoms with E-state index < -0.39 is 17.4 Å². The van der Waals surface area contributed by atoms with Crippen molar-refractivity contribution in [2.24, 2.45) is 17.8 Å². The van der Waals surface area contributed by atoms with Gasteiger partial charge in [-0.1, -0.05) is 24.3 Å². The van der Waals surface area contributed by atoms with E-state index in [1.165, 1.54) is 0 Å². The SMILES string of the molecule is CCOc1ccc(-c2nn3c([C@H]4[C@@H](C(=O)O)[C@H]5C=C[C@H]4C5)nc4ccccc4c3nc2=O)cc1. The lowest BCUT2D eigenvalue weighted by atomic mass is 9.82. The van der Waals surface area contributed by atoms with E-state index in [9.17, 15) is 14.7 Å². The molecule has 0 radical (unpaired) electrons. The van der Waals surface area contributed by atoms with Gasteiger partial charge in [-0.05, 0) is 61.6 Å². The number of allylic oxidation sites excluding steroid dienone is 2. The summed E-state index contributed by atoms with van der Waals surface area (Å²) in [6, 6.07) is 14.5. The second-order valence-electron chi connectivity index (χ2n) is 8.78. The first-order valence-corrected chi connectivity index (χ1v) is 11.4. The predicted octanol–water partition coefficient (Wildman–Crippen LogP) is 3.69. The van der Waals surface area contributed by atoms with E-state index in [-0.39, 0.29) is 23.4 Å². The zero-order chi connectivity index (χ0) is 23.4. The maximum Gasteiger partial charge on any atom is 0.307 e. The predicted molar refractivity (Wildman–Crippen MR) is 126 cm³/mol. The number of ether oxygens (including phenoxy) is 1. The monoisotopic (exact) mass is 454 g/mol. The Morgan fingerprint density at radius 3 is 2.62 bits per heavy atom. The summed E-state index contributed by atoms with van der Waals surface area (Å²) in [7, 11) is 0. The molecular weight excluding hydrogens is 432 g/mol. The molecule has 0 spiro atoms. The van der Waals surface area contributed by atoms with Gasteiger partial charge in [0, 0.05) is 16.9 Å². The summed E-state index contributed by atoms with van der Waals surface area (Å²) in [6.45, 7) is 2.45. The van der Waals surface area contributed by atoms with Crippen LogP contribution in [0.15, 0.2) is 65.5 Å². The van der Waals surface area contributed by atoms with E-state index in [1.54, 1.807) is 28.8 Å². The van der Waals surface area contributed by atoms with Gasteiger partial charge in [0.25, 0.3) is 5.56 Å². The molecule has 8 heteroatoms. The Labute approximate surface area is 194 Å². The van der Waals surface area contributed by atoms with Crippen molar-refractivity contribution in [3.05, 3.63) is 76.9 Å². The number of fused-ring (bicyclic) bond motifs is 5. The number of aliphatic carboxylic acids is 1. The molecule has 4 aromatic rings. The van der Waals surface area contributed by atoms with E-state index in [0.29, 0.717) is 40.3 Å². The summed E-state index contributed by atoms with van der Waals surface area (Å²) in [6.07, 6.45) is 4.86. The third-order valence-electron chi connectivity index (χ3n) is 6.89. The molecule has 2 heterocycles. The van der Waals surface area contributed by atoms with Crippen molar-refractivity contribution in [1.29, 1.82) is 0 Å². The van der Waals surface area contributed by atoms with Gasteiger partial charge in [-0.2, -0.15) is 14.6 Å². The normalized spacial score (nSPS) is 23.1. The second-order valence-corrected chi connectivity index (χ2v) is 8.78. The van der Waals surface area contributed by atoms with Crippen molar-refractivity contribution in [2.45, 2.75) is 19.3 Å². The minimum Gasteiger partial charge on any atom is -0.494 e. The Bertz CT molecular complexity index is 1530. The summed E-state index contributed by atoms with van der Waals surface area (Å²) >= 11 is 0. The molecule has 0 amide bonds. The zero-order valence-corrected chi connectivity index (χ0v) is 18.5. The molecule has 2 aromatic carbocycles. The number of rotatable bonds is 5. The van der Waals surface area contributed by atoms with E-state index in [0.717, 1.165) is 6.42 Å². The van der Waals surface area contributed by atoms with Crippen LogP contribution in [0.3, 0.4) is 0 Å². The maximum atomic E-state index is 13.1. The van der Waals surface area contributed by atoms with Gasteiger partial charge in [-0.3, -0.25) is 9.59 Å². The maximum absolute atomic E-state index is 13.1. The number of carbonyl (C=O) groups is 1. The van der Waals surface area contributed by atoms with Gasteiger partial charge >= 0.3 is 5.97 Å². The molecule has 0 saturated heterocycles. The van der Waals surface area contributed by atoms with Crippen molar-refractivity contribution >= 4 is 22.5 Å². The fourth-order valence-electron chi connectivity index (χ4n) is 5.44. The van der Waals surface area contributed by atoms with Crippen LogP contribution in [-0.4, -0.2) is 37.3 Å². The lowest BCUT2D eigenvalue weighted by molar-refractivity contribution is -0.143. The summed E-state index contributed by atoms with van der Waals surface area (Å²) in [4.78, 5) is 34.6. The number of benzene rings is 2. The molecule has 2 bridgehead atoms. The summed E-state index contributed by atoms with van der Waals surface area (Å²) < 4.78 is 7.09. The first-order valence-electron chi connectivity index (χ1n) is 11.4. The van der Waals surface area contributed by atoms with Gasteiger partial charge in [0.2, 0.25) is 0 Å². The Balaban J connectivity index is 1.61. The average molecular weight is 454 g/mol. The van der Waals surface area contributed by atoms with E-state index in [2.05, 4.69) is 11.1 Å². The van der Waals surface area contributed by atoms with Crippen molar-refractivity contribution in [3.8, 4) is 17.0 Å². The van der Waals surface area contributed by atoms with E-state index in [4.69, 9.17) is 14.8 Å². The molecule has 170 valence electrons. The van der Waals surface area contributed by atoms with Gasteiger partial charge < -0.3 is 9.84 Å². The highest BCUT2D eigenvalue weighted by atomic mass is 16.5. The van der Waals surface area contributed by atoms with Gasteiger partial charge in [0.15, 0.2) is 11.3 Å². The third-order valence-corrected chi connectivity index (χ3v) is 6.89. The highest BCUT2D eigenvalue weighted by Gasteiger charge is 2.50. The number of aromatic nitrogens is 4. The van der Waals surface area contributed by atoms with E-state index in [1.807, 2.05) is 37.3 Å². The number of carboxylic acids is 1. The molecule has 8 nitrogen and oxygen atoms in total. The molecule has 1 saturated carbocycles. The molecule has 2 aromatic heterocycles. The Hall–Kier alpha value is -4.07. The summed E-state index contributed by atoms with van der Waals surface area (Å²) in [5.74, 6) is -0.548. The minimum absolute atomic E-state index is 0.0336. The zero-order valence-electron chi connectivity index (χ0n) is 18.5. The molecule has 4 atom stereocenters. The molecule has 1 fully saturated rings. The van der Waals surface area contributed by atoms with Gasteiger partial charge in [0.05, 0.1) is 18.0 Å². The Morgan fingerprint density at radius 2 is 1.85 bits per heavy atom. The smallest absolute Gasteiger partial charge is 0.307 e. The van der Waals surface area contributed by atoms with Crippen LogP contribution in [0.25, 0.3) is 27.8 Å². The Kier molecular flexibility index (Phi) is 4.69. The van der Waals surface area contributed by atoms with Crippen molar-refractivity contribution in [1.82, 2.24) is 19.6 Å². The average Bonchev–Trinajstić information content (AvgIpc) is 3.46. The molecule has 34 heavy (non-hydrogen) atoms.